The quantitative estimate of drug-likeness (QED) is 0.593. The monoisotopic (exact) mass is 334 g/mol. The van der Waals surface area contributed by atoms with Gasteiger partial charge in [-0.2, -0.15) is 0 Å². The zero-order chi connectivity index (χ0) is 14.7. The van der Waals surface area contributed by atoms with Crippen LogP contribution < -0.4 is 0 Å². The van der Waals surface area contributed by atoms with Gasteiger partial charge in [0.1, 0.15) is 22.8 Å². The van der Waals surface area contributed by atoms with Crippen molar-refractivity contribution >= 4 is 27.8 Å². The number of hydrogen-bond donors (Lipinski definition) is 3. The highest BCUT2D eigenvalue weighted by atomic mass is 79.9. The number of phenols is 3. The Morgan fingerprint density at radius 1 is 1.05 bits per heavy atom. The Morgan fingerprint density at radius 2 is 1.65 bits per heavy atom. The first-order valence-corrected chi connectivity index (χ1v) is 6.50. The van der Waals surface area contributed by atoms with E-state index in [9.17, 15) is 20.1 Å². The number of rotatable bonds is 3. The van der Waals surface area contributed by atoms with Crippen molar-refractivity contribution < 1.29 is 20.1 Å². The highest BCUT2D eigenvalue weighted by Crippen LogP contribution is 2.32. The summed E-state index contributed by atoms with van der Waals surface area (Å²) in [6.07, 6.45) is 2.81. The van der Waals surface area contributed by atoms with E-state index in [0.717, 1.165) is 22.2 Å². The molecule has 2 aromatic carbocycles. The molecular weight excluding hydrogens is 324 g/mol. The molecule has 20 heavy (non-hydrogen) atoms. The SMILES string of the molecule is O=C(/C=C/c1ccccc1Br)c1c(O)cc(O)cc1O. The highest BCUT2D eigenvalue weighted by molar-refractivity contribution is 9.10. The second-order valence-electron chi connectivity index (χ2n) is 4.08. The third-order valence-corrected chi connectivity index (χ3v) is 3.37. The van der Waals surface area contributed by atoms with Gasteiger partial charge in [-0.1, -0.05) is 34.1 Å². The van der Waals surface area contributed by atoms with Gasteiger partial charge in [-0.3, -0.25) is 4.79 Å². The molecule has 0 unspecified atom stereocenters. The third kappa shape index (κ3) is 3.00. The molecule has 0 radical (unpaired) electrons. The fourth-order valence-corrected chi connectivity index (χ4v) is 2.13. The van der Waals surface area contributed by atoms with Crippen LogP contribution in [0.1, 0.15) is 15.9 Å². The van der Waals surface area contributed by atoms with Crippen LogP contribution in [0.4, 0.5) is 0 Å². The van der Waals surface area contributed by atoms with Crippen LogP contribution >= 0.6 is 15.9 Å². The highest BCUT2D eigenvalue weighted by Gasteiger charge is 2.15. The van der Waals surface area contributed by atoms with E-state index in [-0.39, 0.29) is 11.3 Å². The minimum Gasteiger partial charge on any atom is -0.508 e. The molecule has 2 rings (SSSR count). The van der Waals surface area contributed by atoms with E-state index in [1.165, 1.54) is 6.08 Å². The van der Waals surface area contributed by atoms with E-state index >= 15 is 0 Å². The van der Waals surface area contributed by atoms with Gasteiger partial charge in [-0.15, -0.1) is 0 Å². The van der Waals surface area contributed by atoms with Crippen LogP contribution in [0.15, 0.2) is 46.9 Å². The van der Waals surface area contributed by atoms with Crippen LogP contribution in [0.2, 0.25) is 0 Å². The van der Waals surface area contributed by atoms with Gasteiger partial charge in [0.2, 0.25) is 0 Å². The molecule has 102 valence electrons. The Hall–Kier alpha value is -2.27. The van der Waals surface area contributed by atoms with Crippen molar-refractivity contribution in [1.82, 2.24) is 0 Å². The number of hydrogen-bond acceptors (Lipinski definition) is 4. The molecule has 5 heteroatoms. The summed E-state index contributed by atoms with van der Waals surface area (Å²) in [5, 5.41) is 28.4. The van der Waals surface area contributed by atoms with Crippen LogP contribution in [0.5, 0.6) is 17.2 Å². The molecule has 3 N–H and O–H groups in total. The van der Waals surface area contributed by atoms with E-state index in [1.54, 1.807) is 6.08 Å². The molecule has 0 atom stereocenters. The molecule has 0 saturated carbocycles. The first kappa shape index (κ1) is 14.1. The molecule has 0 aliphatic heterocycles. The number of carbonyl (C=O) groups excluding carboxylic acids is 1. The number of phenolic OH excluding ortho intramolecular Hbond substituents is 3. The Balaban J connectivity index is 2.32. The predicted octanol–water partition coefficient (Wildman–Crippen LogP) is 3.46. The van der Waals surface area contributed by atoms with Crippen LogP contribution in [0, 0.1) is 0 Å². The molecule has 4 nitrogen and oxygen atoms in total. The van der Waals surface area contributed by atoms with Gasteiger partial charge in [0.25, 0.3) is 0 Å². The minimum atomic E-state index is -0.559. The maximum Gasteiger partial charge on any atom is 0.193 e. The van der Waals surface area contributed by atoms with Crippen molar-refractivity contribution in [3.8, 4) is 17.2 Å². The van der Waals surface area contributed by atoms with Gasteiger partial charge in [0, 0.05) is 16.6 Å². The molecule has 0 amide bonds. The first-order valence-electron chi connectivity index (χ1n) is 5.71. The van der Waals surface area contributed by atoms with Crippen molar-refractivity contribution in [1.29, 1.82) is 0 Å². The van der Waals surface area contributed by atoms with Gasteiger partial charge < -0.3 is 15.3 Å². The second kappa shape index (κ2) is 5.79. The van der Waals surface area contributed by atoms with Crippen molar-refractivity contribution in [3.05, 3.63) is 58.1 Å². The molecule has 0 saturated heterocycles. The lowest BCUT2D eigenvalue weighted by Gasteiger charge is -2.04. The molecule has 0 aliphatic carbocycles. The summed E-state index contributed by atoms with van der Waals surface area (Å²) < 4.78 is 0.822. The van der Waals surface area contributed by atoms with Crippen LogP contribution in [-0.2, 0) is 0 Å². The lowest BCUT2D eigenvalue weighted by Crippen LogP contribution is -1.95. The topological polar surface area (TPSA) is 77.8 Å². The summed E-state index contributed by atoms with van der Waals surface area (Å²) >= 11 is 3.35. The van der Waals surface area contributed by atoms with Crippen molar-refractivity contribution in [2.75, 3.05) is 0 Å². The molecule has 0 spiro atoms. The maximum absolute atomic E-state index is 12.0. The van der Waals surface area contributed by atoms with Crippen molar-refractivity contribution in [2.45, 2.75) is 0 Å². The van der Waals surface area contributed by atoms with Gasteiger partial charge in [0.15, 0.2) is 5.78 Å². The largest absolute Gasteiger partial charge is 0.508 e. The third-order valence-electron chi connectivity index (χ3n) is 2.65. The number of benzene rings is 2. The standard InChI is InChI=1S/C15H11BrO4/c16-11-4-2-1-3-9(11)5-6-12(18)15-13(19)7-10(17)8-14(15)20/h1-8,17,19-20H/b6-5+. The van der Waals surface area contributed by atoms with Crippen molar-refractivity contribution in [3.63, 3.8) is 0 Å². The maximum atomic E-state index is 12.0. The molecule has 0 aliphatic rings. The summed E-state index contributed by atoms with van der Waals surface area (Å²) in [6, 6.07) is 9.31. The fraction of sp³-hybridized carbons (Fsp3) is 0. The van der Waals surface area contributed by atoms with Gasteiger partial charge in [-0.25, -0.2) is 0 Å². The van der Waals surface area contributed by atoms with Crippen LogP contribution in [0.25, 0.3) is 6.08 Å². The fourth-order valence-electron chi connectivity index (χ4n) is 1.71. The zero-order valence-electron chi connectivity index (χ0n) is 10.2. The molecule has 0 aromatic heterocycles. The summed E-state index contributed by atoms with van der Waals surface area (Å²) in [6.45, 7) is 0. The second-order valence-corrected chi connectivity index (χ2v) is 4.93. The summed E-state index contributed by atoms with van der Waals surface area (Å²) in [5.41, 5.74) is 0.546. The summed E-state index contributed by atoms with van der Waals surface area (Å²) in [7, 11) is 0. The van der Waals surface area contributed by atoms with Gasteiger partial charge >= 0.3 is 0 Å². The zero-order valence-corrected chi connectivity index (χ0v) is 11.8. The molecule has 0 heterocycles. The van der Waals surface area contributed by atoms with E-state index in [0.29, 0.717) is 0 Å². The number of allylic oxidation sites excluding steroid dienone is 1. The van der Waals surface area contributed by atoms with E-state index in [4.69, 9.17) is 0 Å². The van der Waals surface area contributed by atoms with Crippen LogP contribution in [-0.4, -0.2) is 21.1 Å². The number of halogens is 1. The normalized spacial score (nSPS) is 10.8. The molecule has 2 aromatic rings. The predicted molar refractivity (Wildman–Crippen MR) is 78.9 cm³/mol. The molecule has 0 bridgehead atoms. The van der Waals surface area contributed by atoms with E-state index in [2.05, 4.69) is 15.9 Å². The van der Waals surface area contributed by atoms with E-state index in [1.807, 2.05) is 24.3 Å². The number of carbonyl (C=O) groups is 1. The smallest absolute Gasteiger partial charge is 0.193 e. The average molecular weight is 335 g/mol. The number of ketones is 1. The number of aromatic hydroxyl groups is 3. The Morgan fingerprint density at radius 3 is 2.25 bits per heavy atom. The molecule has 0 fully saturated rings. The average Bonchev–Trinajstić information content (AvgIpc) is 2.36. The van der Waals surface area contributed by atoms with Gasteiger partial charge in [0.05, 0.1) is 0 Å². The van der Waals surface area contributed by atoms with Crippen LogP contribution in [0.3, 0.4) is 0 Å². The Bertz CT molecular complexity index is 669. The summed E-state index contributed by atoms with van der Waals surface area (Å²) in [5.74, 6) is -1.81. The Labute approximate surface area is 123 Å². The summed E-state index contributed by atoms with van der Waals surface area (Å²) in [4.78, 5) is 12.0. The lowest BCUT2D eigenvalue weighted by molar-refractivity contribution is 0.104. The first-order chi connectivity index (χ1) is 9.49. The van der Waals surface area contributed by atoms with E-state index < -0.39 is 17.3 Å². The molecular formula is C15H11BrO4. The lowest BCUT2D eigenvalue weighted by atomic mass is 10.1. The van der Waals surface area contributed by atoms with Crippen molar-refractivity contribution in [2.24, 2.45) is 0 Å². The van der Waals surface area contributed by atoms with Gasteiger partial charge in [-0.05, 0) is 23.8 Å². The Kier molecular flexibility index (Phi) is 4.10. The minimum absolute atomic E-state index is 0.244.